The summed E-state index contributed by atoms with van der Waals surface area (Å²) in [5.74, 6) is -0.338. The molecule has 0 aliphatic carbocycles. The predicted molar refractivity (Wildman–Crippen MR) is 84.1 cm³/mol. The van der Waals surface area contributed by atoms with Gasteiger partial charge in [0.15, 0.2) is 0 Å². The van der Waals surface area contributed by atoms with Gasteiger partial charge in [0.1, 0.15) is 5.82 Å². The van der Waals surface area contributed by atoms with Crippen molar-refractivity contribution in [3.05, 3.63) is 76.8 Å². The Bertz CT molecular complexity index is 783. The summed E-state index contributed by atoms with van der Waals surface area (Å²) >= 11 is 6.20. The van der Waals surface area contributed by atoms with Gasteiger partial charge in [-0.3, -0.25) is 4.98 Å². The van der Waals surface area contributed by atoms with E-state index in [0.717, 1.165) is 21.9 Å². The van der Waals surface area contributed by atoms with Gasteiger partial charge in [-0.15, -0.1) is 0 Å². The molecule has 0 saturated carbocycles. The van der Waals surface area contributed by atoms with Crippen LogP contribution in [0.15, 0.2) is 54.9 Å². The molecule has 1 aromatic heterocycles. The van der Waals surface area contributed by atoms with Crippen molar-refractivity contribution in [3.8, 4) is 0 Å². The number of pyridine rings is 1. The summed E-state index contributed by atoms with van der Waals surface area (Å²) in [5, 5.41) is 5.81. The van der Waals surface area contributed by atoms with E-state index in [1.807, 2.05) is 43.7 Å². The van der Waals surface area contributed by atoms with E-state index in [1.54, 1.807) is 6.07 Å². The molecule has 0 aliphatic rings. The Morgan fingerprint density at radius 2 is 1.90 bits per heavy atom. The first-order chi connectivity index (χ1) is 10.2. The number of hydrogen-bond acceptors (Lipinski definition) is 2. The van der Waals surface area contributed by atoms with E-state index < -0.39 is 0 Å². The molecule has 2 aromatic carbocycles. The number of halogens is 2. The minimum absolute atomic E-state index is 0.142. The Balaban J connectivity index is 2.18. The van der Waals surface area contributed by atoms with Crippen LogP contribution in [-0.4, -0.2) is 12.0 Å². The lowest BCUT2D eigenvalue weighted by Crippen LogP contribution is -2.18. The van der Waals surface area contributed by atoms with Gasteiger partial charge in [0.05, 0.1) is 6.04 Å². The van der Waals surface area contributed by atoms with Crippen LogP contribution in [0.2, 0.25) is 5.02 Å². The van der Waals surface area contributed by atoms with Gasteiger partial charge < -0.3 is 5.32 Å². The molecule has 21 heavy (non-hydrogen) atoms. The van der Waals surface area contributed by atoms with Crippen LogP contribution in [0.5, 0.6) is 0 Å². The number of fused-ring (bicyclic) bond motifs is 1. The van der Waals surface area contributed by atoms with Crippen LogP contribution >= 0.6 is 11.6 Å². The first-order valence-electron chi connectivity index (χ1n) is 6.65. The first-order valence-corrected chi connectivity index (χ1v) is 7.03. The zero-order valence-corrected chi connectivity index (χ0v) is 12.2. The molecule has 1 atom stereocenters. The fraction of sp³-hybridized carbons (Fsp3) is 0.118. The van der Waals surface area contributed by atoms with Crippen LogP contribution in [0.4, 0.5) is 4.39 Å². The van der Waals surface area contributed by atoms with E-state index in [0.29, 0.717) is 5.02 Å². The van der Waals surface area contributed by atoms with Gasteiger partial charge in [-0.25, -0.2) is 4.39 Å². The van der Waals surface area contributed by atoms with Gasteiger partial charge in [-0.05, 0) is 35.7 Å². The maximum Gasteiger partial charge on any atom is 0.124 e. The third-order valence-electron chi connectivity index (χ3n) is 3.57. The largest absolute Gasteiger partial charge is 0.309 e. The standard InChI is InChI=1S/C17H14ClFN2/c1-20-17(14-7-6-12(19)8-16(14)18)15-10-21-9-11-4-2-3-5-13(11)15/h2-10,17,20H,1H3. The Morgan fingerprint density at radius 1 is 1.10 bits per heavy atom. The SMILES string of the molecule is CNC(c1ccc(F)cc1Cl)c1cncc2ccccc12. The second-order valence-electron chi connectivity index (χ2n) is 4.84. The molecule has 106 valence electrons. The van der Waals surface area contributed by atoms with E-state index >= 15 is 0 Å². The van der Waals surface area contributed by atoms with Gasteiger partial charge in [0.25, 0.3) is 0 Å². The molecule has 1 heterocycles. The Morgan fingerprint density at radius 3 is 2.67 bits per heavy atom. The number of benzene rings is 2. The molecule has 0 amide bonds. The molecule has 0 aliphatic heterocycles. The highest BCUT2D eigenvalue weighted by Gasteiger charge is 2.18. The fourth-order valence-electron chi connectivity index (χ4n) is 2.58. The van der Waals surface area contributed by atoms with E-state index in [9.17, 15) is 4.39 Å². The number of aromatic nitrogens is 1. The molecule has 0 saturated heterocycles. The lowest BCUT2D eigenvalue weighted by Gasteiger charge is -2.20. The summed E-state index contributed by atoms with van der Waals surface area (Å²) in [5.41, 5.74) is 1.85. The van der Waals surface area contributed by atoms with Gasteiger partial charge in [0, 0.05) is 22.8 Å². The van der Waals surface area contributed by atoms with Gasteiger partial charge in [-0.1, -0.05) is 41.9 Å². The molecular formula is C17H14ClFN2. The molecule has 3 aromatic rings. The van der Waals surface area contributed by atoms with Crippen LogP contribution in [0.3, 0.4) is 0 Å². The zero-order valence-electron chi connectivity index (χ0n) is 11.5. The molecule has 0 fully saturated rings. The molecule has 4 heteroatoms. The number of hydrogen-bond donors (Lipinski definition) is 1. The Kier molecular flexibility index (Phi) is 3.86. The summed E-state index contributed by atoms with van der Waals surface area (Å²) in [6, 6.07) is 12.4. The summed E-state index contributed by atoms with van der Waals surface area (Å²) in [7, 11) is 1.85. The second kappa shape index (κ2) is 5.80. The quantitative estimate of drug-likeness (QED) is 0.778. The minimum atomic E-state index is -0.338. The number of nitrogens with one attached hydrogen (secondary N) is 1. The highest BCUT2D eigenvalue weighted by Crippen LogP contribution is 2.32. The summed E-state index contributed by atoms with van der Waals surface area (Å²) < 4.78 is 13.3. The highest BCUT2D eigenvalue weighted by atomic mass is 35.5. The van der Waals surface area contributed by atoms with Crippen LogP contribution in [0.25, 0.3) is 10.8 Å². The fourth-order valence-corrected chi connectivity index (χ4v) is 2.86. The van der Waals surface area contributed by atoms with Crippen molar-refractivity contribution in [1.82, 2.24) is 10.3 Å². The molecule has 0 spiro atoms. The molecule has 3 rings (SSSR count). The maximum atomic E-state index is 13.3. The summed E-state index contributed by atoms with van der Waals surface area (Å²) in [6.07, 6.45) is 3.65. The van der Waals surface area contributed by atoms with Gasteiger partial charge in [0.2, 0.25) is 0 Å². The highest BCUT2D eigenvalue weighted by molar-refractivity contribution is 6.31. The lowest BCUT2D eigenvalue weighted by atomic mass is 9.96. The van der Waals surface area contributed by atoms with E-state index in [-0.39, 0.29) is 11.9 Å². The molecule has 1 N–H and O–H groups in total. The lowest BCUT2D eigenvalue weighted by molar-refractivity contribution is 0.623. The van der Waals surface area contributed by atoms with Crippen molar-refractivity contribution in [2.45, 2.75) is 6.04 Å². The first kappa shape index (κ1) is 14.0. The minimum Gasteiger partial charge on any atom is -0.309 e. The predicted octanol–water partition coefficient (Wildman–Crippen LogP) is 4.34. The number of rotatable bonds is 3. The monoisotopic (exact) mass is 300 g/mol. The van der Waals surface area contributed by atoms with Crippen LogP contribution in [-0.2, 0) is 0 Å². The van der Waals surface area contributed by atoms with Crippen LogP contribution < -0.4 is 5.32 Å². The molecule has 2 nitrogen and oxygen atoms in total. The van der Waals surface area contributed by atoms with Crippen molar-refractivity contribution >= 4 is 22.4 Å². The van der Waals surface area contributed by atoms with Crippen molar-refractivity contribution in [3.63, 3.8) is 0 Å². The Labute approximate surface area is 127 Å². The molecule has 1 unspecified atom stereocenters. The van der Waals surface area contributed by atoms with Crippen molar-refractivity contribution in [2.75, 3.05) is 7.05 Å². The van der Waals surface area contributed by atoms with E-state index in [2.05, 4.69) is 10.3 Å². The maximum absolute atomic E-state index is 13.3. The van der Waals surface area contributed by atoms with E-state index in [4.69, 9.17) is 11.6 Å². The van der Waals surface area contributed by atoms with E-state index in [1.165, 1.54) is 12.1 Å². The summed E-state index contributed by atoms with van der Waals surface area (Å²) in [6.45, 7) is 0. The molecular weight excluding hydrogens is 287 g/mol. The van der Waals surface area contributed by atoms with Gasteiger partial charge in [-0.2, -0.15) is 0 Å². The average molecular weight is 301 g/mol. The molecule has 0 radical (unpaired) electrons. The zero-order chi connectivity index (χ0) is 14.8. The van der Waals surface area contributed by atoms with Crippen LogP contribution in [0.1, 0.15) is 17.2 Å². The average Bonchev–Trinajstić information content (AvgIpc) is 2.50. The molecule has 0 bridgehead atoms. The van der Waals surface area contributed by atoms with Crippen LogP contribution in [0, 0.1) is 5.82 Å². The van der Waals surface area contributed by atoms with Crippen molar-refractivity contribution in [1.29, 1.82) is 0 Å². The third-order valence-corrected chi connectivity index (χ3v) is 3.90. The van der Waals surface area contributed by atoms with Gasteiger partial charge >= 0.3 is 0 Å². The number of nitrogens with zero attached hydrogens (tertiary/aromatic N) is 1. The smallest absolute Gasteiger partial charge is 0.124 e. The van der Waals surface area contributed by atoms with Crippen molar-refractivity contribution < 1.29 is 4.39 Å². The second-order valence-corrected chi connectivity index (χ2v) is 5.24. The third kappa shape index (κ3) is 2.62. The van der Waals surface area contributed by atoms with Crippen molar-refractivity contribution in [2.24, 2.45) is 0 Å². The summed E-state index contributed by atoms with van der Waals surface area (Å²) in [4.78, 5) is 4.30. The normalized spacial score (nSPS) is 12.5. The topological polar surface area (TPSA) is 24.9 Å². The Hall–Kier alpha value is -1.97.